The minimum Gasteiger partial charge on any atom is -0.464 e. The zero-order valence-electron chi connectivity index (χ0n) is 10.6. The Bertz CT molecular complexity index is 372. The minimum absolute atomic E-state index is 0.252. The molecule has 0 bridgehead atoms. The van der Waals surface area contributed by atoms with E-state index in [1.807, 2.05) is 0 Å². The maximum atomic E-state index is 11.5. The van der Waals surface area contributed by atoms with Crippen LogP contribution >= 0.6 is 0 Å². The van der Waals surface area contributed by atoms with Gasteiger partial charge in [0.25, 0.3) is 0 Å². The first kappa shape index (κ1) is 13.6. The Kier molecular flexibility index (Phi) is 5.09. The fraction of sp³-hybridized carbons (Fsp3) is 0.727. The number of rotatable bonds is 6. The molecule has 0 radical (unpaired) electrons. The maximum absolute atomic E-state index is 11.5. The first-order valence-corrected chi connectivity index (χ1v) is 5.91. The lowest BCUT2D eigenvalue weighted by atomic mass is 10.1. The summed E-state index contributed by atoms with van der Waals surface area (Å²) in [5.41, 5.74) is 6.61. The summed E-state index contributed by atoms with van der Waals surface area (Å²) in [5.74, 6) is -0.453. The Balaban J connectivity index is 3.13. The summed E-state index contributed by atoms with van der Waals surface area (Å²) in [4.78, 5) is 11.5. The molecule has 1 aromatic heterocycles. The summed E-state index contributed by atoms with van der Waals surface area (Å²) in [6.07, 6.45) is 2.46. The van der Waals surface area contributed by atoms with Gasteiger partial charge in [-0.2, -0.15) is 0 Å². The van der Waals surface area contributed by atoms with Gasteiger partial charge < -0.3 is 10.5 Å². The highest BCUT2D eigenvalue weighted by molar-refractivity contribution is 5.88. The number of carbonyl (C=O) groups is 1. The molecule has 0 saturated carbocycles. The van der Waals surface area contributed by atoms with Gasteiger partial charge in [0.2, 0.25) is 0 Å². The molecule has 6 nitrogen and oxygen atoms in total. The topological polar surface area (TPSA) is 83.0 Å². The summed E-state index contributed by atoms with van der Waals surface area (Å²) in [7, 11) is 1.34. The first-order valence-electron chi connectivity index (χ1n) is 5.91. The summed E-state index contributed by atoms with van der Waals surface area (Å²) >= 11 is 0. The van der Waals surface area contributed by atoms with E-state index in [0.717, 1.165) is 18.5 Å². The Morgan fingerprint density at radius 1 is 1.47 bits per heavy atom. The van der Waals surface area contributed by atoms with Gasteiger partial charge in [0, 0.05) is 6.42 Å². The van der Waals surface area contributed by atoms with Crippen molar-refractivity contribution in [1.82, 2.24) is 15.0 Å². The molecule has 0 fully saturated rings. The molecule has 17 heavy (non-hydrogen) atoms. The number of nitrogens with two attached hydrogens (primary N) is 1. The molecule has 0 aliphatic carbocycles. The lowest BCUT2D eigenvalue weighted by Gasteiger charge is -2.15. The van der Waals surface area contributed by atoms with Crippen molar-refractivity contribution in [1.29, 1.82) is 0 Å². The summed E-state index contributed by atoms with van der Waals surface area (Å²) in [6, 6.07) is 0.252. The van der Waals surface area contributed by atoms with Crippen LogP contribution in [0.3, 0.4) is 0 Å². The van der Waals surface area contributed by atoms with Crippen molar-refractivity contribution in [2.45, 2.75) is 39.2 Å². The van der Waals surface area contributed by atoms with Crippen molar-refractivity contribution < 1.29 is 9.53 Å². The van der Waals surface area contributed by atoms with Crippen LogP contribution in [0.1, 0.15) is 48.9 Å². The second kappa shape index (κ2) is 6.34. The van der Waals surface area contributed by atoms with E-state index in [4.69, 9.17) is 5.73 Å². The van der Waals surface area contributed by atoms with Crippen molar-refractivity contribution in [2.75, 3.05) is 13.7 Å². The van der Waals surface area contributed by atoms with E-state index in [-0.39, 0.29) is 11.7 Å². The zero-order chi connectivity index (χ0) is 12.8. The van der Waals surface area contributed by atoms with Crippen LogP contribution in [0.15, 0.2) is 0 Å². The monoisotopic (exact) mass is 240 g/mol. The third kappa shape index (κ3) is 2.82. The first-order chi connectivity index (χ1) is 8.19. The number of methoxy groups -OCH3 is 1. The Morgan fingerprint density at radius 3 is 2.59 bits per heavy atom. The highest BCUT2D eigenvalue weighted by Crippen LogP contribution is 2.19. The molecule has 0 aliphatic rings. The van der Waals surface area contributed by atoms with E-state index >= 15 is 0 Å². The third-order valence-corrected chi connectivity index (χ3v) is 2.84. The Morgan fingerprint density at radius 2 is 2.12 bits per heavy atom. The normalized spacial score (nSPS) is 10.9. The standard InChI is InChI=1S/C11H20N4O2/c1-4-8(5-2)15-9(6-7-12)10(13-14-15)11(16)17-3/h8H,4-7,12H2,1-3H3. The highest BCUT2D eigenvalue weighted by Gasteiger charge is 2.22. The van der Waals surface area contributed by atoms with Gasteiger partial charge in [-0.15, -0.1) is 5.10 Å². The highest BCUT2D eigenvalue weighted by atomic mass is 16.5. The number of hydrogen-bond donors (Lipinski definition) is 1. The minimum atomic E-state index is -0.453. The van der Waals surface area contributed by atoms with Crippen LogP contribution in [-0.4, -0.2) is 34.6 Å². The molecule has 96 valence electrons. The number of esters is 1. The van der Waals surface area contributed by atoms with Gasteiger partial charge in [-0.1, -0.05) is 19.1 Å². The van der Waals surface area contributed by atoms with Crippen molar-refractivity contribution in [3.63, 3.8) is 0 Å². The van der Waals surface area contributed by atoms with Crippen molar-refractivity contribution in [3.05, 3.63) is 11.4 Å². The third-order valence-electron chi connectivity index (χ3n) is 2.84. The molecule has 1 rings (SSSR count). The van der Waals surface area contributed by atoms with E-state index in [1.54, 1.807) is 4.68 Å². The van der Waals surface area contributed by atoms with Crippen molar-refractivity contribution >= 4 is 5.97 Å². The largest absolute Gasteiger partial charge is 0.464 e. The van der Waals surface area contributed by atoms with E-state index in [9.17, 15) is 4.79 Å². The molecule has 1 heterocycles. The quantitative estimate of drug-likeness (QED) is 0.748. The lowest BCUT2D eigenvalue weighted by Crippen LogP contribution is -2.17. The number of nitrogens with zero attached hydrogens (tertiary/aromatic N) is 3. The van der Waals surface area contributed by atoms with Gasteiger partial charge in [-0.05, 0) is 19.4 Å². The van der Waals surface area contributed by atoms with Crippen LogP contribution in [0.5, 0.6) is 0 Å². The summed E-state index contributed by atoms with van der Waals surface area (Å²) in [5, 5.41) is 7.96. The van der Waals surface area contributed by atoms with Crippen LogP contribution in [0.2, 0.25) is 0 Å². The number of hydrogen-bond acceptors (Lipinski definition) is 5. The molecule has 0 spiro atoms. The molecule has 0 aliphatic heterocycles. The van der Waals surface area contributed by atoms with Gasteiger partial charge in [-0.3, -0.25) is 0 Å². The van der Waals surface area contributed by atoms with Gasteiger partial charge in [-0.25, -0.2) is 9.48 Å². The van der Waals surface area contributed by atoms with Crippen LogP contribution in [-0.2, 0) is 11.2 Å². The van der Waals surface area contributed by atoms with Crippen molar-refractivity contribution in [3.8, 4) is 0 Å². The number of carbonyl (C=O) groups excluding carboxylic acids is 1. The molecule has 1 aromatic rings. The molecule has 6 heteroatoms. The Hall–Kier alpha value is -1.43. The Labute approximate surface area is 101 Å². The van der Waals surface area contributed by atoms with Crippen LogP contribution in [0.25, 0.3) is 0 Å². The van der Waals surface area contributed by atoms with E-state index in [2.05, 4.69) is 28.9 Å². The molecular formula is C11H20N4O2. The molecule has 0 unspecified atom stereocenters. The average molecular weight is 240 g/mol. The fourth-order valence-corrected chi connectivity index (χ4v) is 1.87. The van der Waals surface area contributed by atoms with Crippen LogP contribution in [0.4, 0.5) is 0 Å². The van der Waals surface area contributed by atoms with Crippen molar-refractivity contribution in [2.24, 2.45) is 5.73 Å². The smallest absolute Gasteiger partial charge is 0.360 e. The fourth-order valence-electron chi connectivity index (χ4n) is 1.87. The van der Waals surface area contributed by atoms with E-state index < -0.39 is 5.97 Å². The van der Waals surface area contributed by atoms with Gasteiger partial charge in [0.15, 0.2) is 5.69 Å². The molecule has 0 atom stereocenters. The molecule has 0 aromatic carbocycles. The lowest BCUT2D eigenvalue weighted by molar-refractivity contribution is 0.0592. The predicted molar refractivity (Wildman–Crippen MR) is 63.7 cm³/mol. The van der Waals surface area contributed by atoms with E-state index in [1.165, 1.54) is 7.11 Å². The number of ether oxygens (including phenoxy) is 1. The second-order valence-electron chi connectivity index (χ2n) is 3.83. The van der Waals surface area contributed by atoms with Gasteiger partial charge in [0.1, 0.15) is 0 Å². The molecule has 0 saturated heterocycles. The SMILES string of the molecule is CCC(CC)n1nnc(C(=O)OC)c1CCN. The van der Waals surface area contributed by atoms with Gasteiger partial charge in [0.05, 0.1) is 18.8 Å². The number of aromatic nitrogens is 3. The summed E-state index contributed by atoms with van der Waals surface area (Å²) in [6.45, 7) is 4.62. The zero-order valence-corrected chi connectivity index (χ0v) is 10.6. The maximum Gasteiger partial charge on any atom is 0.360 e. The molecule has 0 amide bonds. The summed E-state index contributed by atoms with van der Waals surface area (Å²) < 4.78 is 6.49. The van der Waals surface area contributed by atoms with Gasteiger partial charge >= 0.3 is 5.97 Å². The average Bonchev–Trinajstić information content (AvgIpc) is 2.75. The predicted octanol–water partition coefficient (Wildman–Crippen LogP) is 0.927. The molecule has 2 N–H and O–H groups in total. The second-order valence-corrected chi connectivity index (χ2v) is 3.83. The van der Waals surface area contributed by atoms with Crippen LogP contribution < -0.4 is 5.73 Å². The van der Waals surface area contributed by atoms with E-state index in [0.29, 0.717) is 13.0 Å². The van der Waals surface area contributed by atoms with Crippen LogP contribution in [0, 0.1) is 0 Å². The molecular weight excluding hydrogens is 220 g/mol.